The molecule has 0 spiro atoms. The predicted molar refractivity (Wildman–Crippen MR) is 95.7 cm³/mol. The lowest BCUT2D eigenvalue weighted by atomic mass is 9.97. The number of rotatable bonds is 12. The van der Waals surface area contributed by atoms with Crippen molar-refractivity contribution in [2.75, 3.05) is 20.3 Å². The summed E-state index contributed by atoms with van der Waals surface area (Å²) < 4.78 is 15.7. The van der Waals surface area contributed by atoms with Gasteiger partial charge in [-0.2, -0.15) is 0 Å². The third kappa shape index (κ3) is 8.52. The Labute approximate surface area is 160 Å². The minimum Gasteiger partial charge on any atom is -0.469 e. The highest BCUT2D eigenvalue weighted by Crippen LogP contribution is 2.22. The number of methoxy groups -OCH3 is 1. The van der Waals surface area contributed by atoms with E-state index in [0.717, 1.165) is 38.5 Å². The Hall–Kier alpha value is -1.26. The van der Waals surface area contributed by atoms with Crippen LogP contribution in [0.4, 0.5) is 0 Å². The Kier molecular flexibility index (Phi) is 11.5. The SMILES string of the molecule is COC(=O)CCCCCCCCO[C@@H]1O[C@H](CO)[C@H](O)[C@H](O)[C@H]1NC(C)=O. The summed E-state index contributed by atoms with van der Waals surface area (Å²) in [6.45, 7) is 1.20. The molecule has 1 aliphatic heterocycles. The van der Waals surface area contributed by atoms with Gasteiger partial charge in [0.05, 0.1) is 13.7 Å². The van der Waals surface area contributed by atoms with E-state index in [1.165, 1.54) is 14.0 Å². The number of esters is 1. The zero-order valence-electron chi connectivity index (χ0n) is 16.1. The van der Waals surface area contributed by atoms with Crippen molar-refractivity contribution in [3.63, 3.8) is 0 Å². The van der Waals surface area contributed by atoms with E-state index < -0.39 is 37.3 Å². The highest BCUT2D eigenvalue weighted by molar-refractivity contribution is 5.73. The number of ether oxygens (including phenoxy) is 3. The van der Waals surface area contributed by atoms with Crippen LogP contribution in [0.5, 0.6) is 0 Å². The zero-order valence-corrected chi connectivity index (χ0v) is 16.1. The van der Waals surface area contributed by atoms with E-state index in [-0.39, 0.29) is 11.9 Å². The molecule has 158 valence electrons. The third-order valence-electron chi connectivity index (χ3n) is 4.54. The first kappa shape index (κ1) is 23.8. The molecule has 9 nitrogen and oxygen atoms in total. The number of hydrogen-bond acceptors (Lipinski definition) is 8. The van der Waals surface area contributed by atoms with Crippen molar-refractivity contribution in [1.82, 2.24) is 5.32 Å². The van der Waals surface area contributed by atoms with Crippen LogP contribution in [0, 0.1) is 0 Å². The fourth-order valence-corrected chi connectivity index (χ4v) is 2.99. The monoisotopic (exact) mass is 391 g/mol. The lowest BCUT2D eigenvalue weighted by molar-refractivity contribution is -0.270. The smallest absolute Gasteiger partial charge is 0.305 e. The molecule has 0 aromatic rings. The summed E-state index contributed by atoms with van der Waals surface area (Å²) >= 11 is 0. The highest BCUT2D eigenvalue weighted by Gasteiger charge is 2.45. The number of hydrogen-bond donors (Lipinski definition) is 4. The fourth-order valence-electron chi connectivity index (χ4n) is 2.99. The molecule has 1 aliphatic rings. The third-order valence-corrected chi connectivity index (χ3v) is 4.54. The van der Waals surface area contributed by atoms with Crippen LogP contribution in [0.1, 0.15) is 51.9 Å². The molecule has 5 atom stereocenters. The Balaban J connectivity index is 2.27. The molecule has 1 saturated heterocycles. The second-order valence-corrected chi connectivity index (χ2v) is 6.75. The molecule has 0 aromatic heterocycles. The van der Waals surface area contributed by atoms with E-state index >= 15 is 0 Å². The maximum Gasteiger partial charge on any atom is 0.305 e. The van der Waals surface area contributed by atoms with Crippen LogP contribution in [0.15, 0.2) is 0 Å². The van der Waals surface area contributed by atoms with Gasteiger partial charge in [0.25, 0.3) is 0 Å². The Bertz CT molecular complexity index is 447. The van der Waals surface area contributed by atoms with Crippen LogP contribution in [-0.4, -0.2) is 78.2 Å². The molecule has 9 heteroatoms. The minimum absolute atomic E-state index is 0.182. The summed E-state index contributed by atoms with van der Waals surface area (Å²) in [6, 6.07) is -0.904. The van der Waals surface area contributed by atoms with Gasteiger partial charge < -0.3 is 34.8 Å². The number of carbonyl (C=O) groups is 2. The van der Waals surface area contributed by atoms with Gasteiger partial charge in [-0.15, -0.1) is 0 Å². The maximum atomic E-state index is 11.3. The van der Waals surface area contributed by atoms with Crippen molar-refractivity contribution >= 4 is 11.9 Å². The molecule has 1 amide bonds. The van der Waals surface area contributed by atoms with Crippen molar-refractivity contribution < 1.29 is 39.1 Å². The molecule has 27 heavy (non-hydrogen) atoms. The van der Waals surface area contributed by atoms with Gasteiger partial charge >= 0.3 is 5.97 Å². The zero-order chi connectivity index (χ0) is 20.2. The molecular formula is C18H33NO8. The largest absolute Gasteiger partial charge is 0.469 e. The summed E-state index contributed by atoms with van der Waals surface area (Å²) in [5.41, 5.74) is 0. The summed E-state index contributed by atoms with van der Waals surface area (Å²) in [6.07, 6.45) is 1.45. The van der Waals surface area contributed by atoms with Gasteiger partial charge in [-0.25, -0.2) is 0 Å². The molecule has 0 aromatic carbocycles. The fraction of sp³-hybridized carbons (Fsp3) is 0.889. The lowest BCUT2D eigenvalue weighted by Crippen LogP contribution is -2.64. The first-order valence-corrected chi connectivity index (χ1v) is 9.48. The van der Waals surface area contributed by atoms with Crippen molar-refractivity contribution in [2.24, 2.45) is 0 Å². The van der Waals surface area contributed by atoms with Crippen LogP contribution in [0.2, 0.25) is 0 Å². The number of aliphatic hydroxyl groups is 3. The van der Waals surface area contributed by atoms with E-state index in [4.69, 9.17) is 9.47 Å². The van der Waals surface area contributed by atoms with Crippen LogP contribution in [-0.2, 0) is 23.8 Å². The first-order chi connectivity index (χ1) is 12.9. The van der Waals surface area contributed by atoms with E-state index in [1.807, 2.05) is 0 Å². The van der Waals surface area contributed by atoms with Gasteiger partial charge in [0.1, 0.15) is 24.4 Å². The van der Waals surface area contributed by atoms with Gasteiger partial charge in [0, 0.05) is 20.0 Å². The number of unbranched alkanes of at least 4 members (excludes halogenated alkanes) is 5. The summed E-state index contributed by atoms with van der Waals surface area (Å²) in [4.78, 5) is 22.3. The Morgan fingerprint density at radius 2 is 1.67 bits per heavy atom. The minimum atomic E-state index is -1.31. The molecular weight excluding hydrogens is 358 g/mol. The van der Waals surface area contributed by atoms with E-state index in [0.29, 0.717) is 13.0 Å². The van der Waals surface area contributed by atoms with Crippen LogP contribution in [0.3, 0.4) is 0 Å². The molecule has 0 unspecified atom stereocenters. The van der Waals surface area contributed by atoms with E-state index in [9.17, 15) is 24.9 Å². The Morgan fingerprint density at radius 3 is 2.26 bits per heavy atom. The molecule has 1 fully saturated rings. The van der Waals surface area contributed by atoms with Crippen LogP contribution in [0.25, 0.3) is 0 Å². The summed E-state index contributed by atoms with van der Waals surface area (Å²) in [5, 5.41) is 31.9. The molecule has 0 saturated carbocycles. The van der Waals surface area contributed by atoms with Gasteiger partial charge in [-0.3, -0.25) is 9.59 Å². The average molecular weight is 391 g/mol. The maximum absolute atomic E-state index is 11.3. The predicted octanol–water partition coefficient (Wildman–Crippen LogP) is -0.150. The van der Waals surface area contributed by atoms with Crippen molar-refractivity contribution in [3.8, 4) is 0 Å². The summed E-state index contributed by atoms with van der Waals surface area (Å²) in [5.74, 6) is -0.559. The topological polar surface area (TPSA) is 135 Å². The summed E-state index contributed by atoms with van der Waals surface area (Å²) in [7, 11) is 1.39. The number of amides is 1. The van der Waals surface area contributed by atoms with Crippen LogP contribution >= 0.6 is 0 Å². The normalized spacial score (nSPS) is 28.0. The van der Waals surface area contributed by atoms with Gasteiger partial charge in [-0.05, 0) is 12.8 Å². The Morgan fingerprint density at radius 1 is 1.04 bits per heavy atom. The number of nitrogens with one attached hydrogen (secondary N) is 1. The van der Waals surface area contributed by atoms with Crippen LogP contribution < -0.4 is 5.32 Å². The van der Waals surface area contributed by atoms with Crippen molar-refractivity contribution in [2.45, 2.75) is 82.5 Å². The van der Waals surface area contributed by atoms with Gasteiger partial charge in [0.15, 0.2) is 6.29 Å². The van der Waals surface area contributed by atoms with E-state index in [1.54, 1.807) is 0 Å². The van der Waals surface area contributed by atoms with Gasteiger partial charge in [-0.1, -0.05) is 25.7 Å². The second kappa shape index (κ2) is 13.0. The molecule has 4 N–H and O–H groups in total. The highest BCUT2D eigenvalue weighted by atomic mass is 16.7. The number of carbonyl (C=O) groups excluding carboxylic acids is 2. The second-order valence-electron chi connectivity index (χ2n) is 6.75. The standard InChI is InChI=1S/C18H33NO8/c1-12(21)19-15-17(24)16(23)13(11-20)27-18(15)26-10-8-6-4-3-5-7-9-14(22)25-2/h13,15-18,20,23-24H,3-11H2,1-2H3,(H,19,21)/t13-,15-,16+,17-,18-/m1/s1. The van der Waals surface area contributed by atoms with Gasteiger partial charge in [0.2, 0.25) is 5.91 Å². The number of aliphatic hydroxyl groups excluding tert-OH is 3. The lowest BCUT2D eigenvalue weighted by Gasteiger charge is -2.42. The van der Waals surface area contributed by atoms with Crippen molar-refractivity contribution in [1.29, 1.82) is 0 Å². The molecule has 1 heterocycles. The molecule has 0 bridgehead atoms. The van der Waals surface area contributed by atoms with E-state index in [2.05, 4.69) is 10.1 Å². The molecule has 1 rings (SSSR count). The molecule has 0 aliphatic carbocycles. The molecule has 0 radical (unpaired) electrons. The average Bonchev–Trinajstić information content (AvgIpc) is 2.65. The first-order valence-electron chi connectivity index (χ1n) is 9.48. The van der Waals surface area contributed by atoms with Crippen molar-refractivity contribution in [3.05, 3.63) is 0 Å². The quantitative estimate of drug-likeness (QED) is 0.267.